The number of aromatic nitrogens is 4. The second-order valence-corrected chi connectivity index (χ2v) is 7.08. The Morgan fingerprint density at radius 2 is 1.88 bits per heavy atom. The number of benzene rings is 1. The van der Waals surface area contributed by atoms with E-state index in [0.717, 1.165) is 37.2 Å². The molecule has 1 aromatic heterocycles. The molecule has 0 aliphatic carbocycles. The summed E-state index contributed by atoms with van der Waals surface area (Å²) in [5.41, 5.74) is 1.93. The molecule has 7 nitrogen and oxygen atoms in total. The van der Waals surface area contributed by atoms with E-state index in [4.69, 9.17) is 0 Å². The van der Waals surface area contributed by atoms with E-state index in [1.54, 1.807) is 11.0 Å². The first-order valence-corrected chi connectivity index (χ1v) is 9.04. The zero-order valence-electron chi connectivity index (χ0n) is 14.6. The molecular formula is C18H24N6O. The molecule has 25 heavy (non-hydrogen) atoms. The lowest BCUT2D eigenvalue weighted by molar-refractivity contribution is -0.132. The Labute approximate surface area is 147 Å². The number of likely N-dealkylation sites (N-methyl/N-ethyl adjacent to an activating group) is 1. The van der Waals surface area contributed by atoms with Crippen molar-refractivity contribution < 1.29 is 4.79 Å². The standard InChI is InChI=1S/C18H24N6O/c1-22-10-2-4-16(22)17-5-3-11-23(17)18(25)12-14-6-8-15(9-7-14)24-13-19-20-21-24/h6-9,13,16-17H,2-5,10-12H2,1H3/t16-,17+/m0/s1. The average Bonchev–Trinajstić information content (AvgIpc) is 3.36. The predicted octanol–water partition coefficient (Wildman–Crippen LogP) is 1.29. The van der Waals surface area contributed by atoms with Gasteiger partial charge in [0.1, 0.15) is 6.33 Å². The molecule has 4 rings (SSSR count). The summed E-state index contributed by atoms with van der Waals surface area (Å²) in [6.07, 6.45) is 6.75. The van der Waals surface area contributed by atoms with E-state index in [0.29, 0.717) is 18.5 Å². The molecule has 2 aliphatic rings. The fourth-order valence-corrected chi connectivity index (χ4v) is 4.25. The summed E-state index contributed by atoms with van der Waals surface area (Å²) in [7, 11) is 2.19. The molecule has 132 valence electrons. The third kappa shape index (κ3) is 3.28. The highest BCUT2D eigenvalue weighted by atomic mass is 16.2. The van der Waals surface area contributed by atoms with E-state index in [9.17, 15) is 4.79 Å². The van der Waals surface area contributed by atoms with Crippen molar-refractivity contribution in [3.05, 3.63) is 36.2 Å². The minimum absolute atomic E-state index is 0.248. The monoisotopic (exact) mass is 340 g/mol. The number of hydrogen-bond acceptors (Lipinski definition) is 5. The lowest BCUT2D eigenvalue weighted by atomic mass is 10.0. The number of nitrogens with zero attached hydrogens (tertiary/aromatic N) is 6. The van der Waals surface area contributed by atoms with Crippen molar-refractivity contribution in [1.29, 1.82) is 0 Å². The molecule has 0 N–H and O–H groups in total. The normalized spacial score (nSPS) is 24.1. The second kappa shape index (κ2) is 6.92. The molecule has 0 saturated carbocycles. The van der Waals surface area contributed by atoms with Crippen LogP contribution in [0.3, 0.4) is 0 Å². The van der Waals surface area contributed by atoms with Gasteiger partial charge in [-0.25, -0.2) is 4.68 Å². The number of tetrazole rings is 1. The summed E-state index contributed by atoms with van der Waals surface area (Å²) in [6, 6.07) is 8.80. The summed E-state index contributed by atoms with van der Waals surface area (Å²) in [5.74, 6) is 0.248. The van der Waals surface area contributed by atoms with Gasteiger partial charge in [-0.2, -0.15) is 0 Å². The van der Waals surface area contributed by atoms with Crippen LogP contribution in [-0.4, -0.2) is 68.1 Å². The van der Waals surface area contributed by atoms with Crippen LogP contribution in [0.2, 0.25) is 0 Å². The van der Waals surface area contributed by atoms with Crippen molar-refractivity contribution in [2.45, 2.75) is 44.2 Å². The van der Waals surface area contributed by atoms with Crippen molar-refractivity contribution >= 4 is 5.91 Å². The first-order valence-electron chi connectivity index (χ1n) is 9.04. The third-order valence-corrected chi connectivity index (χ3v) is 5.55. The smallest absolute Gasteiger partial charge is 0.227 e. The maximum absolute atomic E-state index is 12.9. The Balaban J connectivity index is 1.42. The first kappa shape index (κ1) is 16.2. The Kier molecular flexibility index (Phi) is 4.48. The van der Waals surface area contributed by atoms with Crippen LogP contribution in [0, 0.1) is 0 Å². The topological polar surface area (TPSA) is 67.2 Å². The van der Waals surface area contributed by atoms with Gasteiger partial charge in [-0.3, -0.25) is 4.79 Å². The van der Waals surface area contributed by atoms with Crippen molar-refractivity contribution in [3.8, 4) is 5.69 Å². The van der Waals surface area contributed by atoms with Crippen molar-refractivity contribution in [2.24, 2.45) is 0 Å². The molecule has 0 spiro atoms. The van der Waals surface area contributed by atoms with Crippen molar-refractivity contribution in [3.63, 3.8) is 0 Å². The van der Waals surface area contributed by atoms with Crippen molar-refractivity contribution in [1.82, 2.24) is 30.0 Å². The molecule has 2 aromatic rings. The van der Waals surface area contributed by atoms with Gasteiger partial charge in [-0.1, -0.05) is 12.1 Å². The number of amides is 1. The number of carbonyl (C=O) groups is 1. The molecule has 0 unspecified atom stereocenters. The maximum Gasteiger partial charge on any atom is 0.227 e. The summed E-state index contributed by atoms with van der Waals surface area (Å²) in [6.45, 7) is 2.05. The quantitative estimate of drug-likeness (QED) is 0.839. The Bertz CT molecular complexity index is 714. The van der Waals surface area contributed by atoms with Gasteiger partial charge in [-0.15, -0.1) is 5.10 Å². The van der Waals surface area contributed by atoms with Crippen LogP contribution < -0.4 is 0 Å². The van der Waals surface area contributed by atoms with Gasteiger partial charge in [0, 0.05) is 18.6 Å². The lowest BCUT2D eigenvalue weighted by Gasteiger charge is -2.33. The van der Waals surface area contributed by atoms with Crippen LogP contribution in [0.1, 0.15) is 31.2 Å². The number of carbonyl (C=O) groups excluding carboxylic acids is 1. The zero-order chi connectivity index (χ0) is 17.2. The van der Waals surface area contributed by atoms with E-state index >= 15 is 0 Å². The molecule has 2 saturated heterocycles. The minimum Gasteiger partial charge on any atom is -0.338 e. The predicted molar refractivity (Wildman–Crippen MR) is 93.2 cm³/mol. The SMILES string of the molecule is CN1CCC[C@H]1[C@H]1CCCN1C(=O)Cc1ccc(-n2cnnn2)cc1. The van der Waals surface area contributed by atoms with Crippen LogP contribution in [0.25, 0.3) is 5.69 Å². The van der Waals surface area contributed by atoms with Gasteiger partial charge in [0.25, 0.3) is 0 Å². The molecule has 0 bridgehead atoms. The van der Waals surface area contributed by atoms with Gasteiger partial charge in [-0.05, 0) is 67.4 Å². The molecule has 1 aromatic carbocycles. The van der Waals surface area contributed by atoms with Crippen LogP contribution in [-0.2, 0) is 11.2 Å². The summed E-state index contributed by atoms with van der Waals surface area (Å²) < 4.78 is 1.61. The van der Waals surface area contributed by atoms with Gasteiger partial charge >= 0.3 is 0 Å². The first-order chi connectivity index (χ1) is 12.2. The van der Waals surface area contributed by atoms with Gasteiger partial charge in [0.2, 0.25) is 5.91 Å². The molecule has 0 radical (unpaired) electrons. The fraction of sp³-hybridized carbons (Fsp3) is 0.556. The molecule has 1 amide bonds. The Hall–Kier alpha value is -2.28. The molecule has 3 heterocycles. The largest absolute Gasteiger partial charge is 0.338 e. The summed E-state index contributed by atoms with van der Waals surface area (Å²) in [5, 5.41) is 11.2. The van der Waals surface area contributed by atoms with Crippen LogP contribution in [0.5, 0.6) is 0 Å². The minimum atomic E-state index is 0.248. The second-order valence-electron chi connectivity index (χ2n) is 7.08. The van der Waals surface area contributed by atoms with Gasteiger partial charge in [0.15, 0.2) is 0 Å². The summed E-state index contributed by atoms with van der Waals surface area (Å²) >= 11 is 0. The fourth-order valence-electron chi connectivity index (χ4n) is 4.25. The number of hydrogen-bond donors (Lipinski definition) is 0. The molecule has 2 aliphatic heterocycles. The van der Waals surface area contributed by atoms with E-state index < -0.39 is 0 Å². The highest BCUT2D eigenvalue weighted by Crippen LogP contribution is 2.29. The summed E-state index contributed by atoms with van der Waals surface area (Å²) in [4.78, 5) is 17.4. The molecule has 7 heteroatoms. The lowest BCUT2D eigenvalue weighted by Crippen LogP contribution is -2.47. The third-order valence-electron chi connectivity index (χ3n) is 5.55. The maximum atomic E-state index is 12.9. The van der Waals surface area contributed by atoms with Crippen LogP contribution in [0.15, 0.2) is 30.6 Å². The average molecular weight is 340 g/mol. The van der Waals surface area contributed by atoms with E-state index in [1.165, 1.54) is 12.8 Å². The molecule has 2 fully saturated rings. The number of likely N-dealkylation sites (tertiary alicyclic amines) is 2. The van der Waals surface area contributed by atoms with Crippen LogP contribution in [0.4, 0.5) is 0 Å². The Morgan fingerprint density at radius 3 is 2.56 bits per heavy atom. The highest BCUT2D eigenvalue weighted by molar-refractivity contribution is 5.79. The van der Waals surface area contributed by atoms with Crippen LogP contribution >= 0.6 is 0 Å². The molecule has 2 atom stereocenters. The van der Waals surface area contributed by atoms with Gasteiger partial charge in [0.05, 0.1) is 12.1 Å². The van der Waals surface area contributed by atoms with Crippen molar-refractivity contribution in [2.75, 3.05) is 20.1 Å². The van der Waals surface area contributed by atoms with E-state index in [1.807, 2.05) is 24.3 Å². The van der Waals surface area contributed by atoms with E-state index in [2.05, 4.69) is 32.4 Å². The molecular weight excluding hydrogens is 316 g/mol. The Morgan fingerprint density at radius 1 is 1.12 bits per heavy atom. The van der Waals surface area contributed by atoms with Gasteiger partial charge < -0.3 is 9.80 Å². The van der Waals surface area contributed by atoms with E-state index in [-0.39, 0.29) is 5.91 Å². The number of rotatable bonds is 4. The zero-order valence-corrected chi connectivity index (χ0v) is 14.6. The highest BCUT2D eigenvalue weighted by Gasteiger charge is 2.38.